The van der Waals surface area contributed by atoms with E-state index in [0.29, 0.717) is 17.0 Å². The van der Waals surface area contributed by atoms with Crippen molar-refractivity contribution in [3.63, 3.8) is 0 Å². The number of hydrogen-bond donors (Lipinski definition) is 1. The zero-order valence-electron chi connectivity index (χ0n) is 10.6. The van der Waals surface area contributed by atoms with E-state index in [2.05, 4.69) is 4.98 Å². The van der Waals surface area contributed by atoms with Gasteiger partial charge >= 0.3 is 5.97 Å². The Kier molecular flexibility index (Phi) is 3.19. The lowest BCUT2D eigenvalue weighted by Gasteiger charge is -2.12. The first-order valence-corrected chi connectivity index (χ1v) is 5.71. The van der Waals surface area contributed by atoms with E-state index in [9.17, 15) is 4.79 Å². The van der Waals surface area contributed by atoms with Crippen molar-refractivity contribution in [2.24, 2.45) is 0 Å². The number of para-hydroxylation sites is 1. The summed E-state index contributed by atoms with van der Waals surface area (Å²) in [5.74, 6) is -0.842. The molecule has 18 heavy (non-hydrogen) atoms. The number of methoxy groups -OCH3 is 1. The first-order valence-electron chi connectivity index (χ1n) is 5.71. The summed E-state index contributed by atoms with van der Waals surface area (Å²) in [5.41, 5.74) is 2.17. The lowest BCUT2D eigenvalue weighted by molar-refractivity contribution is -0.138. The second kappa shape index (κ2) is 4.64. The highest BCUT2D eigenvalue weighted by molar-refractivity contribution is 5.86. The minimum absolute atomic E-state index is 0.583. The number of aryl methyl sites for hydroxylation is 1. The molecule has 0 fully saturated rings. The van der Waals surface area contributed by atoms with Crippen molar-refractivity contribution in [2.45, 2.75) is 19.8 Å². The van der Waals surface area contributed by atoms with Crippen LogP contribution in [0.4, 0.5) is 0 Å². The molecule has 0 saturated heterocycles. The van der Waals surface area contributed by atoms with E-state index >= 15 is 0 Å². The molecular weight excluding hydrogens is 230 g/mol. The molecule has 1 N–H and O–H groups in total. The molecule has 1 atom stereocenters. The lowest BCUT2D eigenvalue weighted by atomic mass is 10.0. The number of benzene rings is 1. The van der Waals surface area contributed by atoms with Gasteiger partial charge in [0.1, 0.15) is 11.3 Å². The van der Waals surface area contributed by atoms with Gasteiger partial charge in [-0.25, -0.2) is 4.98 Å². The summed E-state index contributed by atoms with van der Waals surface area (Å²) < 4.78 is 5.25. The van der Waals surface area contributed by atoms with Crippen molar-refractivity contribution >= 4 is 16.9 Å². The Balaban J connectivity index is 2.69. The van der Waals surface area contributed by atoms with Crippen LogP contribution in [0.2, 0.25) is 0 Å². The van der Waals surface area contributed by atoms with Crippen molar-refractivity contribution in [1.82, 2.24) is 4.98 Å². The van der Waals surface area contributed by atoms with Crippen LogP contribution in [0.1, 0.15) is 24.1 Å². The average molecular weight is 245 g/mol. The lowest BCUT2D eigenvalue weighted by Crippen LogP contribution is -2.11. The molecule has 94 valence electrons. The zero-order chi connectivity index (χ0) is 13.3. The summed E-state index contributed by atoms with van der Waals surface area (Å²) in [7, 11) is 1.58. The molecule has 0 spiro atoms. The standard InChI is InChI=1S/C14H15NO3/c1-8-7-10-5-4-6-11(18-3)13(10)15-12(8)9(2)14(16)17/h4-7,9H,1-3H3,(H,16,17). The fourth-order valence-corrected chi connectivity index (χ4v) is 2.01. The quantitative estimate of drug-likeness (QED) is 0.903. The Morgan fingerprint density at radius 3 is 2.78 bits per heavy atom. The van der Waals surface area contributed by atoms with Gasteiger partial charge in [-0.05, 0) is 31.5 Å². The topological polar surface area (TPSA) is 59.4 Å². The largest absolute Gasteiger partial charge is 0.494 e. The normalized spacial score (nSPS) is 12.4. The van der Waals surface area contributed by atoms with E-state index in [1.54, 1.807) is 14.0 Å². The monoisotopic (exact) mass is 245 g/mol. The van der Waals surface area contributed by atoms with Crippen LogP contribution in [0.5, 0.6) is 5.75 Å². The number of rotatable bonds is 3. The highest BCUT2D eigenvalue weighted by atomic mass is 16.5. The van der Waals surface area contributed by atoms with Gasteiger partial charge in [0.25, 0.3) is 0 Å². The molecule has 1 aromatic heterocycles. The van der Waals surface area contributed by atoms with Gasteiger partial charge < -0.3 is 9.84 Å². The minimum Gasteiger partial charge on any atom is -0.494 e. The highest BCUT2D eigenvalue weighted by Crippen LogP contribution is 2.28. The van der Waals surface area contributed by atoms with Crippen LogP contribution in [0.25, 0.3) is 10.9 Å². The molecule has 1 unspecified atom stereocenters. The summed E-state index contributed by atoms with van der Waals surface area (Å²) in [4.78, 5) is 15.5. The SMILES string of the molecule is COc1cccc2cc(C)c(C(C)C(=O)O)nc12. The van der Waals surface area contributed by atoms with Gasteiger partial charge in [-0.3, -0.25) is 4.79 Å². The molecule has 1 heterocycles. The van der Waals surface area contributed by atoms with E-state index in [0.717, 1.165) is 10.9 Å². The minimum atomic E-state index is -0.875. The third kappa shape index (κ3) is 2.01. The molecule has 0 amide bonds. The number of aliphatic carboxylic acids is 1. The molecular formula is C14H15NO3. The predicted molar refractivity (Wildman–Crippen MR) is 69.1 cm³/mol. The number of pyridine rings is 1. The van der Waals surface area contributed by atoms with Crippen molar-refractivity contribution in [2.75, 3.05) is 7.11 Å². The Bertz CT molecular complexity index is 607. The van der Waals surface area contributed by atoms with Crippen LogP contribution in [0.3, 0.4) is 0 Å². The molecule has 0 aliphatic carbocycles. The van der Waals surface area contributed by atoms with Crippen molar-refractivity contribution in [3.05, 3.63) is 35.5 Å². The number of carbonyl (C=O) groups is 1. The number of nitrogens with zero attached hydrogens (tertiary/aromatic N) is 1. The fourth-order valence-electron chi connectivity index (χ4n) is 2.01. The zero-order valence-corrected chi connectivity index (χ0v) is 10.6. The summed E-state index contributed by atoms with van der Waals surface area (Å²) >= 11 is 0. The van der Waals surface area contributed by atoms with Gasteiger partial charge in [-0.15, -0.1) is 0 Å². The maximum absolute atomic E-state index is 11.1. The van der Waals surface area contributed by atoms with E-state index in [1.165, 1.54) is 0 Å². The molecule has 4 nitrogen and oxygen atoms in total. The first-order chi connectivity index (χ1) is 8.54. The Morgan fingerprint density at radius 1 is 1.44 bits per heavy atom. The summed E-state index contributed by atoms with van der Waals surface area (Å²) in [6.07, 6.45) is 0. The molecule has 0 aliphatic heterocycles. The van der Waals surface area contributed by atoms with Gasteiger partial charge in [0, 0.05) is 5.39 Å². The maximum atomic E-state index is 11.1. The average Bonchev–Trinajstić information content (AvgIpc) is 2.36. The highest BCUT2D eigenvalue weighted by Gasteiger charge is 2.19. The van der Waals surface area contributed by atoms with Crippen LogP contribution >= 0.6 is 0 Å². The van der Waals surface area contributed by atoms with Crippen LogP contribution in [0, 0.1) is 6.92 Å². The predicted octanol–water partition coefficient (Wildman–Crippen LogP) is 2.74. The van der Waals surface area contributed by atoms with E-state index in [4.69, 9.17) is 9.84 Å². The Morgan fingerprint density at radius 2 is 2.17 bits per heavy atom. The van der Waals surface area contributed by atoms with Crippen LogP contribution in [-0.4, -0.2) is 23.2 Å². The van der Waals surface area contributed by atoms with Gasteiger partial charge in [-0.1, -0.05) is 12.1 Å². The smallest absolute Gasteiger partial charge is 0.312 e. The molecule has 4 heteroatoms. The van der Waals surface area contributed by atoms with Crippen molar-refractivity contribution < 1.29 is 14.6 Å². The second-order valence-electron chi connectivity index (χ2n) is 4.28. The third-order valence-electron chi connectivity index (χ3n) is 3.04. The summed E-state index contributed by atoms with van der Waals surface area (Å²) in [6.45, 7) is 3.51. The molecule has 0 aliphatic rings. The number of aromatic nitrogens is 1. The second-order valence-corrected chi connectivity index (χ2v) is 4.28. The van der Waals surface area contributed by atoms with Crippen molar-refractivity contribution in [3.8, 4) is 5.75 Å². The molecule has 1 aromatic carbocycles. The van der Waals surface area contributed by atoms with Gasteiger partial charge in [-0.2, -0.15) is 0 Å². The number of ether oxygens (including phenoxy) is 1. The molecule has 2 rings (SSSR count). The van der Waals surface area contributed by atoms with Crippen LogP contribution in [-0.2, 0) is 4.79 Å². The fraction of sp³-hybridized carbons (Fsp3) is 0.286. The van der Waals surface area contributed by atoms with E-state index in [1.807, 2.05) is 31.2 Å². The molecule has 0 bridgehead atoms. The van der Waals surface area contributed by atoms with E-state index < -0.39 is 11.9 Å². The number of fused-ring (bicyclic) bond motifs is 1. The maximum Gasteiger partial charge on any atom is 0.312 e. The van der Waals surface area contributed by atoms with Gasteiger partial charge in [0.05, 0.1) is 18.7 Å². The Labute approximate surface area is 105 Å². The number of hydrogen-bond acceptors (Lipinski definition) is 3. The van der Waals surface area contributed by atoms with E-state index in [-0.39, 0.29) is 0 Å². The van der Waals surface area contributed by atoms with Gasteiger partial charge in [0.15, 0.2) is 0 Å². The number of carboxylic acid groups (broad SMARTS) is 1. The van der Waals surface area contributed by atoms with Crippen LogP contribution in [0.15, 0.2) is 24.3 Å². The molecule has 0 radical (unpaired) electrons. The van der Waals surface area contributed by atoms with Crippen LogP contribution < -0.4 is 4.74 Å². The van der Waals surface area contributed by atoms with Crippen molar-refractivity contribution in [1.29, 1.82) is 0 Å². The molecule has 0 saturated carbocycles. The number of carboxylic acids is 1. The first kappa shape index (κ1) is 12.4. The summed E-state index contributed by atoms with van der Waals surface area (Å²) in [6, 6.07) is 7.59. The van der Waals surface area contributed by atoms with Gasteiger partial charge in [0.2, 0.25) is 0 Å². The molecule has 2 aromatic rings. The summed E-state index contributed by atoms with van der Waals surface area (Å²) in [5, 5.41) is 10.0. The Hall–Kier alpha value is -2.10. The third-order valence-corrected chi connectivity index (χ3v) is 3.04.